The van der Waals surface area contributed by atoms with Crippen LogP contribution in [0.1, 0.15) is 29.2 Å². The number of anilines is 1. The molecule has 5 rings (SSSR count). The average Bonchev–Trinajstić information content (AvgIpc) is 3.37. The van der Waals surface area contributed by atoms with Crippen LogP contribution in [-0.2, 0) is 9.59 Å². The van der Waals surface area contributed by atoms with E-state index >= 15 is 0 Å². The molecule has 0 unspecified atom stereocenters. The third kappa shape index (κ3) is 2.63. The summed E-state index contributed by atoms with van der Waals surface area (Å²) in [6, 6.07) is 13.1. The molecule has 0 N–H and O–H groups in total. The molecule has 3 saturated heterocycles. The monoisotopic (exact) mass is 391 g/mol. The lowest BCUT2D eigenvalue weighted by atomic mass is 9.90. The van der Waals surface area contributed by atoms with Gasteiger partial charge in [-0.1, -0.05) is 18.2 Å². The second-order valence-corrected chi connectivity index (χ2v) is 8.15. The van der Waals surface area contributed by atoms with E-state index in [0.29, 0.717) is 5.69 Å². The van der Waals surface area contributed by atoms with Gasteiger partial charge in [0.2, 0.25) is 5.91 Å². The van der Waals surface area contributed by atoms with Crippen molar-refractivity contribution in [1.29, 1.82) is 0 Å². The minimum Gasteiger partial charge on any atom is -0.497 e. The van der Waals surface area contributed by atoms with E-state index in [2.05, 4.69) is 10.0 Å². The lowest BCUT2D eigenvalue weighted by molar-refractivity contribution is -0.126. The Bertz CT molecular complexity index is 987. The molecule has 2 amide bonds. The third-order valence-corrected chi connectivity index (χ3v) is 6.61. The number of ether oxygens (including phenoxy) is 1. The minimum atomic E-state index is -0.418. The summed E-state index contributed by atoms with van der Waals surface area (Å²) in [7, 11) is 1.64. The topological polar surface area (TPSA) is 53.1 Å². The smallest absolute Gasteiger partial charge is 0.253 e. The molecule has 0 aromatic heterocycles. The molecule has 0 bridgehead atoms. The van der Waals surface area contributed by atoms with E-state index in [4.69, 9.17) is 4.74 Å². The molecule has 3 aliphatic rings. The van der Waals surface area contributed by atoms with Crippen LogP contribution in [0.2, 0.25) is 0 Å². The van der Waals surface area contributed by atoms with E-state index < -0.39 is 12.0 Å². The lowest BCUT2D eigenvalue weighted by Crippen LogP contribution is -2.44. The molecule has 3 fully saturated rings. The van der Waals surface area contributed by atoms with Crippen LogP contribution in [0.3, 0.4) is 0 Å². The number of hydrogen-bond donors (Lipinski definition) is 0. The van der Waals surface area contributed by atoms with E-state index in [1.54, 1.807) is 7.11 Å². The van der Waals surface area contributed by atoms with Gasteiger partial charge in [0.1, 0.15) is 11.8 Å². The maximum atomic E-state index is 13.6. The van der Waals surface area contributed by atoms with E-state index in [9.17, 15) is 9.59 Å². The largest absolute Gasteiger partial charge is 0.497 e. The molecule has 3 aliphatic heterocycles. The first-order valence-corrected chi connectivity index (χ1v) is 10.1. The molecule has 29 heavy (non-hydrogen) atoms. The van der Waals surface area contributed by atoms with Crippen molar-refractivity contribution in [3.05, 3.63) is 59.2 Å². The number of hydrogen-bond acceptors (Lipinski definition) is 5. The van der Waals surface area contributed by atoms with Crippen LogP contribution < -0.4 is 9.64 Å². The first kappa shape index (κ1) is 18.3. The lowest BCUT2D eigenvalue weighted by Gasteiger charge is -2.30. The second-order valence-electron chi connectivity index (χ2n) is 8.15. The zero-order chi connectivity index (χ0) is 20.3. The first-order chi connectivity index (χ1) is 14.0. The van der Waals surface area contributed by atoms with Gasteiger partial charge in [0.05, 0.1) is 24.8 Å². The van der Waals surface area contributed by atoms with Gasteiger partial charge in [-0.25, -0.2) is 14.9 Å². The minimum absolute atomic E-state index is 0.0986. The fraction of sp³-hybridized carbons (Fsp3) is 0.391. The van der Waals surface area contributed by atoms with Crippen molar-refractivity contribution in [1.82, 2.24) is 10.0 Å². The summed E-state index contributed by atoms with van der Waals surface area (Å²) in [5, 5.41) is 4.35. The van der Waals surface area contributed by atoms with Crippen molar-refractivity contribution in [3.8, 4) is 5.75 Å². The van der Waals surface area contributed by atoms with Crippen LogP contribution >= 0.6 is 0 Å². The Morgan fingerprint density at radius 3 is 2.21 bits per heavy atom. The molecule has 6 nitrogen and oxygen atoms in total. The van der Waals surface area contributed by atoms with Gasteiger partial charge in [-0.15, -0.1) is 0 Å². The SMILES string of the molecule is COc1ccc([C@H]2[C@H]3C(=O)N(c4ccc(C)c(C)c4)C(=O)[C@@H]3N3CCCN23)cc1. The Kier molecular flexibility index (Phi) is 4.22. The van der Waals surface area contributed by atoms with Crippen LogP contribution in [0.15, 0.2) is 42.5 Å². The standard InChI is InChI=1S/C23H25N3O3/c1-14-5-8-17(13-15(14)2)26-22(27)19-20(16-6-9-18(29-3)10-7-16)24-11-4-12-25(24)21(19)23(26)28/h5-10,13,19-21H,4,11-12H2,1-3H3/t19-,20+,21-/m1/s1. The molecule has 150 valence electrons. The van der Waals surface area contributed by atoms with Crippen LogP contribution in [0.4, 0.5) is 5.69 Å². The van der Waals surface area contributed by atoms with Crippen LogP contribution in [0, 0.1) is 19.8 Å². The van der Waals surface area contributed by atoms with Gasteiger partial charge >= 0.3 is 0 Å². The molecular weight excluding hydrogens is 366 g/mol. The zero-order valence-corrected chi connectivity index (χ0v) is 17.0. The highest BCUT2D eigenvalue weighted by atomic mass is 16.5. The van der Waals surface area contributed by atoms with Crippen LogP contribution in [-0.4, -0.2) is 48.1 Å². The van der Waals surface area contributed by atoms with E-state index in [0.717, 1.165) is 42.0 Å². The Morgan fingerprint density at radius 2 is 1.55 bits per heavy atom. The highest BCUT2D eigenvalue weighted by Gasteiger charge is 2.62. The maximum Gasteiger partial charge on any atom is 0.253 e. The number of benzene rings is 2. The number of fused-ring (bicyclic) bond motifs is 3. The molecule has 0 saturated carbocycles. The van der Waals surface area contributed by atoms with E-state index in [1.165, 1.54) is 4.90 Å². The average molecular weight is 391 g/mol. The van der Waals surface area contributed by atoms with Gasteiger partial charge in [0, 0.05) is 13.1 Å². The molecule has 2 aromatic rings. The molecule has 6 heteroatoms. The van der Waals surface area contributed by atoms with Gasteiger partial charge < -0.3 is 4.74 Å². The van der Waals surface area contributed by atoms with Gasteiger partial charge in [-0.2, -0.15) is 0 Å². The Morgan fingerprint density at radius 1 is 0.862 bits per heavy atom. The van der Waals surface area contributed by atoms with Crippen molar-refractivity contribution < 1.29 is 14.3 Å². The molecule has 3 atom stereocenters. The third-order valence-electron chi connectivity index (χ3n) is 6.61. The van der Waals surface area contributed by atoms with Gasteiger partial charge in [0.15, 0.2) is 0 Å². The van der Waals surface area contributed by atoms with E-state index in [1.807, 2.05) is 56.3 Å². The number of nitrogens with zero attached hydrogens (tertiary/aromatic N) is 3. The van der Waals surface area contributed by atoms with Crippen LogP contribution in [0.25, 0.3) is 0 Å². The molecule has 0 aliphatic carbocycles. The molecule has 0 spiro atoms. The van der Waals surface area contributed by atoms with Crippen molar-refractivity contribution in [2.45, 2.75) is 32.4 Å². The Labute approximate surface area is 170 Å². The normalized spacial score (nSPS) is 26.9. The predicted molar refractivity (Wildman–Crippen MR) is 109 cm³/mol. The predicted octanol–water partition coefficient (Wildman–Crippen LogP) is 2.85. The Balaban J connectivity index is 1.56. The van der Waals surface area contributed by atoms with Crippen molar-refractivity contribution >= 4 is 17.5 Å². The fourth-order valence-electron chi connectivity index (χ4n) is 5.03. The molecular formula is C23H25N3O3. The fourth-order valence-corrected chi connectivity index (χ4v) is 5.03. The summed E-state index contributed by atoms with van der Waals surface area (Å²) in [5.41, 5.74) is 3.95. The van der Waals surface area contributed by atoms with Crippen molar-refractivity contribution in [2.75, 3.05) is 25.1 Å². The van der Waals surface area contributed by atoms with Crippen molar-refractivity contribution in [2.24, 2.45) is 5.92 Å². The van der Waals surface area contributed by atoms with Gasteiger partial charge in [0.25, 0.3) is 5.91 Å². The van der Waals surface area contributed by atoms with Crippen molar-refractivity contribution in [3.63, 3.8) is 0 Å². The molecule has 0 radical (unpaired) electrons. The molecule has 2 aromatic carbocycles. The summed E-state index contributed by atoms with van der Waals surface area (Å²) in [6.07, 6.45) is 1.00. The summed E-state index contributed by atoms with van der Waals surface area (Å²) >= 11 is 0. The number of aryl methyl sites for hydroxylation is 2. The number of carbonyl (C=O) groups excluding carboxylic acids is 2. The highest BCUT2D eigenvalue weighted by Crippen LogP contribution is 2.49. The maximum absolute atomic E-state index is 13.6. The van der Waals surface area contributed by atoms with Crippen LogP contribution in [0.5, 0.6) is 5.75 Å². The number of rotatable bonds is 3. The summed E-state index contributed by atoms with van der Waals surface area (Å²) in [6.45, 7) is 5.72. The quantitative estimate of drug-likeness (QED) is 0.753. The Hall–Kier alpha value is -2.70. The van der Waals surface area contributed by atoms with Gasteiger partial charge in [-0.05, 0) is 61.2 Å². The number of amides is 2. The number of carbonyl (C=O) groups is 2. The number of imide groups is 1. The second kappa shape index (κ2) is 6.68. The number of hydrazine groups is 1. The van der Waals surface area contributed by atoms with E-state index in [-0.39, 0.29) is 17.9 Å². The summed E-state index contributed by atoms with van der Waals surface area (Å²) in [5.74, 6) is 0.189. The van der Waals surface area contributed by atoms with Gasteiger partial charge in [-0.3, -0.25) is 9.59 Å². The number of methoxy groups -OCH3 is 1. The summed E-state index contributed by atoms with van der Waals surface area (Å²) < 4.78 is 5.29. The highest BCUT2D eigenvalue weighted by molar-refractivity contribution is 6.24. The zero-order valence-electron chi connectivity index (χ0n) is 17.0. The summed E-state index contributed by atoms with van der Waals surface area (Å²) in [4.78, 5) is 28.4. The first-order valence-electron chi connectivity index (χ1n) is 10.1. The molecule has 3 heterocycles.